The standard InChI is InChI=1S/C12H16N2O3/c1-8-5-11(10(6-13-8)12(16)17)14-4-2-3-9(15)7-14/h5-6,9,15H,2-4,7H2,1H3,(H,16,17). The molecule has 1 atom stereocenters. The second kappa shape index (κ2) is 4.71. The summed E-state index contributed by atoms with van der Waals surface area (Å²) in [5.41, 5.74) is 1.64. The average molecular weight is 236 g/mol. The second-order valence-corrected chi connectivity index (χ2v) is 4.39. The predicted octanol–water partition coefficient (Wildman–Crippen LogP) is 1.05. The fourth-order valence-corrected chi connectivity index (χ4v) is 2.15. The number of pyridine rings is 1. The molecule has 2 N–H and O–H groups in total. The monoisotopic (exact) mass is 236 g/mol. The van der Waals surface area contributed by atoms with Crippen LogP contribution in [-0.4, -0.2) is 40.4 Å². The Morgan fingerprint density at radius 3 is 3.00 bits per heavy atom. The number of nitrogens with zero attached hydrogens (tertiary/aromatic N) is 2. The summed E-state index contributed by atoms with van der Waals surface area (Å²) in [5.74, 6) is -0.979. The Bertz CT molecular complexity index is 434. The van der Waals surface area contributed by atoms with E-state index in [0.29, 0.717) is 12.2 Å². The average Bonchev–Trinajstić information content (AvgIpc) is 2.28. The minimum Gasteiger partial charge on any atom is -0.478 e. The van der Waals surface area contributed by atoms with Gasteiger partial charge in [0, 0.05) is 25.0 Å². The fourth-order valence-electron chi connectivity index (χ4n) is 2.15. The Labute approximate surface area is 99.7 Å². The Kier molecular flexibility index (Phi) is 3.28. The smallest absolute Gasteiger partial charge is 0.339 e. The van der Waals surface area contributed by atoms with E-state index >= 15 is 0 Å². The van der Waals surface area contributed by atoms with Crippen LogP contribution in [0.1, 0.15) is 28.9 Å². The zero-order valence-corrected chi connectivity index (χ0v) is 9.76. The van der Waals surface area contributed by atoms with Crippen molar-refractivity contribution < 1.29 is 15.0 Å². The molecule has 0 aromatic carbocycles. The molecule has 1 aromatic heterocycles. The van der Waals surface area contributed by atoms with Crippen molar-refractivity contribution in [2.75, 3.05) is 18.0 Å². The number of β-amino-alcohol motifs (C(OH)–C–C–N with tert-alkyl or cyclic N) is 1. The lowest BCUT2D eigenvalue weighted by Gasteiger charge is -2.32. The summed E-state index contributed by atoms with van der Waals surface area (Å²) in [6.45, 7) is 3.10. The molecule has 17 heavy (non-hydrogen) atoms. The van der Waals surface area contributed by atoms with E-state index in [1.54, 1.807) is 6.07 Å². The maximum absolute atomic E-state index is 11.1. The lowest BCUT2D eigenvalue weighted by atomic mass is 10.1. The lowest BCUT2D eigenvalue weighted by Crippen LogP contribution is -2.39. The normalized spacial score (nSPS) is 20.4. The van der Waals surface area contributed by atoms with Gasteiger partial charge in [0.2, 0.25) is 0 Å². The van der Waals surface area contributed by atoms with Crippen LogP contribution in [0.3, 0.4) is 0 Å². The van der Waals surface area contributed by atoms with Gasteiger partial charge in [0.25, 0.3) is 0 Å². The number of rotatable bonds is 2. The van der Waals surface area contributed by atoms with E-state index in [4.69, 9.17) is 5.11 Å². The number of carboxylic acid groups (broad SMARTS) is 1. The number of aryl methyl sites for hydroxylation is 1. The van der Waals surface area contributed by atoms with Crippen molar-refractivity contribution in [3.05, 3.63) is 23.5 Å². The summed E-state index contributed by atoms with van der Waals surface area (Å²) in [5, 5.41) is 18.8. The van der Waals surface area contributed by atoms with Crippen LogP contribution >= 0.6 is 0 Å². The van der Waals surface area contributed by atoms with Gasteiger partial charge in [-0.05, 0) is 25.8 Å². The molecule has 1 aromatic rings. The maximum atomic E-state index is 11.1. The number of hydrogen-bond acceptors (Lipinski definition) is 4. The van der Waals surface area contributed by atoms with Crippen LogP contribution in [0.2, 0.25) is 0 Å². The molecule has 92 valence electrons. The van der Waals surface area contributed by atoms with E-state index in [1.807, 2.05) is 11.8 Å². The molecule has 1 saturated heterocycles. The number of anilines is 1. The number of piperidine rings is 1. The summed E-state index contributed by atoms with van der Waals surface area (Å²) < 4.78 is 0. The lowest BCUT2D eigenvalue weighted by molar-refractivity contribution is 0.0696. The third kappa shape index (κ3) is 2.55. The highest BCUT2D eigenvalue weighted by molar-refractivity contribution is 5.94. The highest BCUT2D eigenvalue weighted by Crippen LogP contribution is 2.24. The van der Waals surface area contributed by atoms with Crippen LogP contribution < -0.4 is 4.90 Å². The van der Waals surface area contributed by atoms with E-state index in [9.17, 15) is 9.90 Å². The van der Waals surface area contributed by atoms with Crippen molar-refractivity contribution in [1.82, 2.24) is 4.98 Å². The molecule has 0 aliphatic carbocycles. The summed E-state index contributed by atoms with van der Waals surface area (Å²) in [6.07, 6.45) is 2.66. The molecule has 1 aliphatic heterocycles. The minimum atomic E-state index is -0.979. The topological polar surface area (TPSA) is 73.7 Å². The van der Waals surface area contributed by atoms with Crippen LogP contribution in [-0.2, 0) is 0 Å². The zero-order valence-electron chi connectivity index (χ0n) is 9.76. The van der Waals surface area contributed by atoms with E-state index in [-0.39, 0.29) is 11.7 Å². The van der Waals surface area contributed by atoms with Gasteiger partial charge in [0.05, 0.1) is 11.8 Å². The van der Waals surface area contributed by atoms with Gasteiger partial charge in [-0.15, -0.1) is 0 Å². The van der Waals surface area contributed by atoms with E-state index < -0.39 is 5.97 Å². The molecular weight excluding hydrogens is 220 g/mol. The predicted molar refractivity (Wildman–Crippen MR) is 63.4 cm³/mol. The van der Waals surface area contributed by atoms with Crippen molar-refractivity contribution in [3.63, 3.8) is 0 Å². The summed E-state index contributed by atoms with van der Waals surface area (Å²) in [6, 6.07) is 1.77. The maximum Gasteiger partial charge on any atom is 0.339 e. The van der Waals surface area contributed by atoms with Gasteiger partial charge in [-0.3, -0.25) is 4.98 Å². The molecule has 0 saturated carbocycles. The quantitative estimate of drug-likeness (QED) is 0.803. The van der Waals surface area contributed by atoms with Crippen LogP contribution in [0, 0.1) is 6.92 Å². The first kappa shape index (κ1) is 11.9. The van der Waals surface area contributed by atoms with Gasteiger partial charge in [0.1, 0.15) is 5.56 Å². The molecule has 5 nitrogen and oxygen atoms in total. The number of carboxylic acids is 1. The molecule has 0 amide bonds. The number of carbonyl (C=O) groups is 1. The highest BCUT2D eigenvalue weighted by atomic mass is 16.4. The van der Waals surface area contributed by atoms with E-state index in [1.165, 1.54) is 6.20 Å². The second-order valence-electron chi connectivity index (χ2n) is 4.39. The summed E-state index contributed by atoms with van der Waals surface area (Å²) in [4.78, 5) is 17.1. The summed E-state index contributed by atoms with van der Waals surface area (Å²) >= 11 is 0. The fraction of sp³-hybridized carbons (Fsp3) is 0.500. The zero-order chi connectivity index (χ0) is 12.4. The van der Waals surface area contributed by atoms with Crippen LogP contribution in [0.15, 0.2) is 12.3 Å². The molecule has 0 radical (unpaired) electrons. The van der Waals surface area contributed by atoms with Gasteiger partial charge in [0.15, 0.2) is 0 Å². The molecular formula is C12H16N2O3. The van der Waals surface area contributed by atoms with Gasteiger partial charge in [-0.25, -0.2) is 4.79 Å². The van der Waals surface area contributed by atoms with Crippen molar-refractivity contribution in [2.45, 2.75) is 25.9 Å². The van der Waals surface area contributed by atoms with Gasteiger partial charge >= 0.3 is 5.97 Å². The first-order valence-corrected chi connectivity index (χ1v) is 5.71. The Morgan fingerprint density at radius 2 is 2.35 bits per heavy atom. The highest BCUT2D eigenvalue weighted by Gasteiger charge is 2.22. The van der Waals surface area contributed by atoms with Crippen LogP contribution in [0.4, 0.5) is 5.69 Å². The molecule has 1 fully saturated rings. The Hall–Kier alpha value is -1.62. The Balaban J connectivity index is 2.35. The van der Waals surface area contributed by atoms with Gasteiger partial charge in [-0.2, -0.15) is 0 Å². The molecule has 1 aliphatic rings. The van der Waals surface area contributed by atoms with Crippen molar-refractivity contribution in [3.8, 4) is 0 Å². The SMILES string of the molecule is Cc1cc(N2CCCC(O)C2)c(C(=O)O)cn1. The summed E-state index contributed by atoms with van der Waals surface area (Å²) in [7, 11) is 0. The molecule has 2 heterocycles. The van der Waals surface area contributed by atoms with E-state index in [2.05, 4.69) is 4.98 Å². The first-order chi connectivity index (χ1) is 8.08. The van der Waals surface area contributed by atoms with Crippen molar-refractivity contribution >= 4 is 11.7 Å². The minimum absolute atomic E-state index is 0.199. The molecule has 0 bridgehead atoms. The molecule has 1 unspecified atom stereocenters. The number of aromatic nitrogens is 1. The van der Waals surface area contributed by atoms with E-state index in [0.717, 1.165) is 25.1 Å². The van der Waals surface area contributed by atoms with Crippen molar-refractivity contribution in [1.29, 1.82) is 0 Å². The Morgan fingerprint density at radius 1 is 1.59 bits per heavy atom. The third-order valence-corrected chi connectivity index (χ3v) is 2.99. The van der Waals surface area contributed by atoms with Gasteiger partial charge in [-0.1, -0.05) is 0 Å². The number of aromatic carboxylic acids is 1. The molecule has 0 spiro atoms. The van der Waals surface area contributed by atoms with Crippen LogP contribution in [0.25, 0.3) is 0 Å². The first-order valence-electron chi connectivity index (χ1n) is 5.71. The largest absolute Gasteiger partial charge is 0.478 e. The molecule has 2 rings (SSSR count). The number of hydrogen-bond donors (Lipinski definition) is 2. The van der Waals surface area contributed by atoms with Crippen molar-refractivity contribution in [2.24, 2.45) is 0 Å². The van der Waals surface area contributed by atoms with Gasteiger partial charge < -0.3 is 15.1 Å². The number of aliphatic hydroxyl groups is 1. The third-order valence-electron chi connectivity index (χ3n) is 2.99. The number of aliphatic hydroxyl groups excluding tert-OH is 1. The molecule has 5 heteroatoms. The van der Waals surface area contributed by atoms with Crippen LogP contribution in [0.5, 0.6) is 0 Å².